The molecule has 0 unspecified atom stereocenters. The molecule has 349 valence electrons. The number of rotatable bonds is 10. The maximum atomic E-state index is 9.30. The summed E-state index contributed by atoms with van der Waals surface area (Å²) in [5.74, 6) is 1.48. The Labute approximate surface area is 432 Å². The summed E-state index contributed by atoms with van der Waals surface area (Å²) in [5, 5.41) is 9.30. The van der Waals surface area contributed by atoms with Gasteiger partial charge < -0.3 is 14.8 Å². The van der Waals surface area contributed by atoms with Crippen molar-refractivity contribution in [1.29, 1.82) is 5.26 Å². The Bertz CT molecular complexity index is 3360. The zero-order valence-corrected chi connectivity index (χ0v) is 42.6. The van der Waals surface area contributed by atoms with Crippen molar-refractivity contribution in [2.45, 2.75) is 39.5 Å². The number of hydrogen-bond acceptors (Lipinski definition) is 5. The van der Waals surface area contributed by atoms with Crippen LogP contribution in [0.3, 0.4) is 0 Å². The number of benzene rings is 7. The van der Waals surface area contributed by atoms with Gasteiger partial charge in [0.25, 0.3) is 0 Å². The molecule has 0 amide bonds. The maximum Gasteiger partial charge on any atom is 0.108 e. The van der Waals surface area contributed by atoms with Gasteiger partial charge in [0.05, 0.1) is 18.5 Å². The second kappa shape index (κ2) is 22.5. The van der Waals surface area contributed by atoms with Crippen LogP contribution in [0.15, 0.2) is 194 Å². The molecule has 0 atom stereocenters. The van der Waals surface area contributed by atoms with Crippen molar-refractivity contribution in [3.8, 4) is 84.3 Å². The molecular formula is C64H50IrN6-4. The second-order valence-electron chi connectivity index (χ2n) is 17.8. The Kier molecular flexibility index (Phi) is 15.6. The second-order valence-corrected chi connectivity index (χ2v) is 17.8. The van der Waals surface area contributed by atoms with Gasteiger partial charge in [-0.2, -0.15) is 11.3 Å². The minimum atomic E-state index is 0. The molecule has 0 saturated heterocycles. The molecule has 0 fully saturated rings. The standard InChI is InChI=1S/C34H32N4.C30H18N2.Ir/c1-23(2)30-18-27(25-11-8-7-9-12-25)19-31(24(3)4)34(30)28-20-32(26-13-10-14-29(17-26)35-5)36-33(21-28)38-16-15-37(6)22-38;31-21-22-8-7-13-27(18-22)30-20-28(19-29(32-30)26-11-5-2-6-12-26)25-16-14-24(15-17-25)23-9-3-1-4-10-23;/h7-12,14-24H,1-4,6H3;1-11,14-20H;/q2*-2;. The minimum Gasteiger partial charge on any atom is -0.510 e. The minimum absolute atomic E-state index is 0. The molecule has 1 radical (unpaired) electrons. The third-order valence-corrected chi connectivity index (χ3v) is 12.2. The van der Waals surface area contributed by atoms with Crippen molar-refractivity contribution in [1.82, 2.24) is 14.9 Å². The summed E-state index contributed by atoms with van der Waals surface area (Å²) < 4.78 is 0. The molecule has 1 aliphatic heterocycles. The number of hydrogen-bond donors (Lipinski definition) is 0. The molecule has 1 aliphatic rings. The number of aromatic nitrogens is 2. The Morgan fingerprint density at radius 2 is 1.06 bits per heavy atom. The Morgan fingerprint density at radius 3 is 1.63 bits per heavy atom. The van der Waals surface area contributed by atoms with Crippen LogP contribution in [0.5, 0.6) is 0 Å². The van der Waals surface area contributed by atoms with E-state index in [2.05, 4.69) is 160 Å². The molecule has 0 saturated carbocycles. The van der Waals surface area contributed by atoms with Crippen molar-refractivity contribution in [3.05, 3.63) is 247 Å². The molecule has 7 heteroatoms. The predicted molar refractivity (Wildman–Crippen MR) is 286 cm³/mol. The van der Waals surface area contributed by atoms with Gasteiger partial charge in [0, 0.05) is 20.1 Å². The molecule has 6 nitrogen and oxygen atoms in total. The first-order valence-corrected chi connectivity index (χ1v) is 23.4. The summed E-state index contributed by atoms with van der Waals surface area (Å²) in [6, 6.07) is 73.3. The van der Waals surface area contributed by atoms with E-state index in [9.17, 15) is 5.26 Å². The summed E-state index contributed by atoms with van der Waals surface area (Å²) >= 11 is 0. The first-order valence-electron chi connectivity index (χ1n) is 23.4. The summed E-state index contributed by atoms with van der Waals surface area (Å²) in [6.07, 6.45) is 4.02. The first kappa shape index (κ1) is 49.2. The molecule has 0 N–H and O–H groups in total. The molecule has 10 rings (SSSR count). The third-order valence-electron chi connectivity index (χ3n) is 12.2. The van der Waals surface area contributed by atoms with Gasteiger partial charge in [-0.3, -0.25) is 9.83 Å². The number of pyridine rings is 2. The predicted octanol–water partition coefficient (Wildman–Crippen LogP) is 16.2. The fraction of sp³-hybridized carbons (Fsp3) is 0.109. The maximum absolute atomic E-state index is 9.30. The average Bonchev–Trinajstić information content (AvgIpc) is 3.87. The molecule has 0 bridgehead atoms. The van der Waals surface area contributed by atoms with Crippen LogP contribution in [-0.2, 0) is 20.1 Å². The fourth-order valence-corrected chi connectivity index (χ4v) is 8.61. The van der Waals surface area contributed by atoms with E-state index in [1.807, 2.05) is 90.5 Å². The quantitative estimate of drug-likeness (QED) is 0.128. The smallest absolute Gasteiger partial charge is 0.108 e. The van der Waals surface area contributed by atoms with Gasteiger partial charge in [-0.15, -0.1) is 96.2 Å². The van der Waals surface area contributed by atoms with E-state index < -0.39 is 0 Å². The zero-order chi connectivity index (χ0) is 48.6. The fourth-order valence-electron chi connectivity index (χ4n) is 8.61. The molecule has 2 aromatic heterocycles. The van der Waals surface area contributed by atoms with Crippen molar-refractivity contribution < 1.29 is 20.1 Å². The van der Waals surface area contributed by atoms with Gasteiger partial charge in [-0.25, -0.2) is 0 Å². The number of nitrogens with zero attached hydrogens (tertiary/aromatic N) is 6. The Hall–Kier alpha value is -8.19. The number of nitriles is 1. The van der Waals surface area contributed by atoms with E-state index in [0.29, 0.717) is 23.1 Å². The Morgan fingerprint density at radius 1 is 0.535 bits per heavy atom. The topological polar surface area (TPSA) is 60.4 Å². The van der Waals surface area contributed by atoms with Gasteiger partial charge in [0.1, 0.15) is 5.69 Å². The summed E-state index contributed by atoms with van der Waals surface area (Å²) in [7, 11) is 2.00. The SMILES string of the molecule is N#Cc1cc[c-]c(-c2cc(-c3ccc(-c4ccccc4)cc3)cc(-c3[c-]cccc3)n2)c1.[C-]#[N+]c1cc[c-]c(-c2cc(-c3c(C(C)C)cc(-c4ccccc4)cc3C(C)C)cc(N3C=CN(C)[CH-]3)n2)c1.[Ir]. The largest absolute Gasteiger partial charge is 0.510 e. The van der Waals surface area contributed by atoms with E-state index in [1.165, 1.54) is 38.9 Å². The van der Waals surface area contributed by atoms with Gasteiger partial charge in [-0.1, -0.05) is 143 Å². The van der Waals surface area contributed by atoms with E-state index in [1.54, 1.807) is 24.3 Å². The Balaban J connectivity index is 0.000000190. The molecule has 0 aliphatic carbocycles. The summed E-state index contributed by atoms with van der Waals surface area (Å²) in [6.45, 7) is 18.6. The van der Waals surface area contributed by atoms with Crippen LogP contribution in [0.25, 0.3) is 83.1 Å². The molecule has 7 aromatic carbocycles. The summed E-state index contributed by atoms with van der Waals surface area (Å²) in [4.78, 5) is 17.6. The molecular weight excluding hydrogens is 1040 g/mol. The zero-order valence-electron chi connectivity index (χ0n) is 40.2. The first-order chi connectivity index (χ1) is 34.1. The third kappa shape index (κ3) is 11.5. The van der Waals surface area contributed by atoms with Crippen molar-refractivity contribution >= 4 is 11.5 Å². The van der Waals surface area contributed by atoms with Crippen LogP contribution in [-0.4, -0.2) is 21.9 Å². The van der Waals surface area contributed by atoms with Gasteiger partial charge in [0.15, 0.2) is 0 Å². The van der Waals surface area contributed by atoms with Gasteiger partial charge >= 0.3 is 0 Å². The van der Waals surface area contributed by atoms with E-state index in [4.69, 9.17) is 16.5 Å². The normalized spacial score (nSPS) is 11.7. The molecule has 9 aromatic rings. The van der Waals surface area contributed by atoms with Crippen LogP contribution < -0.4 is 4.90 Å². The van der Waals surface area contributed by atoms with Crippen LogP contribution in [0.4, 0.5) is 11.5 Å². The number of anilines is 1. The molecule has 0 spiro atoms. The van der Waals surface area contributed by atoms with Crippen LogP contribution in [0.1, 0.15) is 56.2 Å². The van der Waals surface area contributed by atoms with E-state index in [0.717, 1.165) is 56.3 Å². The van der Waals surface area contributed by atoms with Crippen molar-refractivity contribution in [2.24, 2.45) is 0 Å². The molecule has 3 heterocycles. The van der Waals surface area contributed by atoms with E-state index in [-0.39, 0.29) is 20.1 Å². The van der Waals surface area contributed by atoms with Crippen LogP contribution in [0.2, 0.25) is 0 Å². The average molecular weight is 1100 g/mol. The van der Waals surface area contributed by atoms with Gasteiger partial charge in [-0.05, 0) is 116 Å². The van der Waals surface area contributed by atoms with Crippen molar-refractivity contribution in [3.63, 3.8) is 0 Å². The van der Waals surface area contributed by atoms with Crippen LogP contribution >= 0.6 is 0 Å². The van der Waals surface area contributed by atoms with Crippen LogP contribution in [0, 0.1) is 42.8 Å². The summed E-state index contributed by atoms with van der Waals surface area (Å²) in [5.41, 5.74) is 18.1. The van der Waals surface area contributed by atoms with Crippen molar-refractivity contribution in [2.75, 3.05) is 11.9 Å². The van der Waals surface area contributed by atoms with Gasteiger partial charge in [0.2, 0.25) is 0 Å². The monoisotopic (exact) mass is 1100 g/mol. The molecule has 71 heavy (non-hydrogen) atoms. The van der Waals surface area contributed by atoms with E-state index >= 15 is 0 Å².